The molecule has 1 heteroatoms. The van der Waals surface area contributed by atoms with Crippen LogP contribution in [0.1, 0.15) is 84.0 Å². The van der Waals surface area contributed by atoms with Gasteiger partial charge in [0.05, 0.1) is 0 Å². The van der Waals surface area contributed by atoms with Crippen LogP contribution in [0.5, 0.6) is 0 Å². The molecule has 0 unspecified atom stereocenters. The summed E-state index contributed by atoms with van der Waals surface area (Å²) in [5.41, 5.74) is 0. The maximum absolute atomic E-state index is 3.43. The standard InChI is InChI=1S/C19H33Br/c1-2-3-4-5-16-6-10-18(11-7-16)19-12-8-17(9-13-19)14-15-20/h14-19H,2-13H2,1H3/b15-14+/t16-,17?,18-,19?. The molecule has 0 nitrogen and oxygen atoms in total. The second-order valence-corrected chi connectivity index (χ2v) is 7.80. The lowest BCUT2D eigenvalue weighted by Crippen LogP contribution is -2.25. The predicted molar refractivity (Wildman–Crippen MR) is 93.1 cm³/mol. The third-order valence-electron chi connectivity index (χ3n) is 5.94. The Morgan fingerprint density at radius 2 is 1.45 bits per heavy atom. The van der Waals surface area contributed by atoms with Crippen molar-refractivity contribution >= 4 is 15.9 Å². The molecule has 20 heavy (non-hydrogen) atoms. The van der Waals surface area contributed by atoms with Crippen LogP contribution in [-0.4, -0.2) is 0 Å². The summed E-state index contributed by atoms with van der Waals surface area (Å²) in [6.07, 6.45) is 20.2. The quantitative estimate of drug-likeness (QED) is 0.452. The lowest BCUT2D eigenvalue weighted by molar-refractivity contribution is 0.151. The monoisotopic (exact) mass is 340 g/mol. The van der Waals surface area contributed by atoms with Crippen molar-refractivity contribution in [3.63, 3.8) is 0 Å². The minimum Gasteiger partial charge on any atom is -0.0745 e. The average molecular weight is 341 g/mol. The third kappa shape index (κ3) is 5.20. The maximum atomic E-state index is 3.43. The molecule has 0 N–H and O–H groups in total. The summed E-state index contributed by atoms with van der Waals surface area (Å²) in [5, 5.41) is 0. The van der Waals surface area contributed by atoms with E-state index in [1.54, 1.807) is 12.8 Å². The van der Waals surface area contributed by atoms with Gasteiger partial charge in [0, 0.05) is 0 Å². The lowest BCUT2D eigenvalue weighted by Gasteiger charge is -2.37. The Hall–Kier alpha value is 0.220. The van der Waals surface area contributed by atoms with E-state index in [0.717, 1.165) is 23.7 Å². The molecule has 0 amide bonds. The minimum absolute atomic E-state index is 0.857. The fourth-order valence-corrected chi connectivity index (χ4v) is 4.97. The Labute approximate surface area is 134 Å². The largest absolute Gasteiger partial charge is 0.0745 e. The second kappa shape index (κ2) is 9.28. The first-order valence-corrected chi connectivity index (χ1v) is 10.0. The highest BCUT2D eigenvalue weighted by Gasteiger charge is 2.30. The van der Waals surface area contributed by atoms with Crippen molar-refractivity contribution in [2.75, 3.05) is 0 Å². The molecule has 2 fully saturated rings. The van der Waals surface area contributed by atoms with Crippen molar-refractivity contribution in [1.82, 2.24) is 0 Å². The zero-order valence-electron chi connectivity index (χ0n) is 13.3. The Morgan fingerprint density at radius 1 is 0.850 bits per heavy atom. The van der Waals surface area contributed by atoms with Crippen molar-refractivity contribution in [2.24, 2.45) is 23.7 Å². The molecule has 116 valence electrons. The van der Waals surface area contributed by atoms with Crippen molar-refractivity contribution in [3.05, 3.63) is 11.1 Å². The lowest BCUT2D eigenvalue weighted by atomic mass is 9.68. The van der Waals surface area contributed by atoms with Crippen LogP contribution >= 0.6 is 15.9 Å². The SMILES string of the molecule is CCCCC[C@H]1CC[C@H](C2CCC(/C=C/Br)CC2)CC1. The molecule has 0 saturated heterocycles. The maximum Gasteiger partial charge on any atom is -0.0225 e. The van der Waals surface area contributed by atoms with Gasteiger partial charge >= 0.3 is 0 Å². The Bertz CT molecular complexity index is 267. The van der Waals surface area contributed by atoms with Gasteiger partial charge in [-0.15, -0.1) is 0 Å². The smallest absolute Gasteiger partial charge is 0.0225 e. The van der Waals surface area contributed by atoms with Gasteiger partial charge in [-0.25, -0.2) is 0 Å². The van der Waals surface area contributed by atoms with Gasteiger partial charge in [0.1, 0.15) is 0 Å². The number of allylic oxidation sites excluding steroid dienone is 1. The predicted octanol–water partition coefficient (Wildman–Crippen LogP) is 7.09. The van der Waals surface area contributed by atoms with E-state index in [1.807, 2.05) is 0 Å². The highest BCUT2D eigenvalue weighted by Crippen LogP contribution is 2.42. The van der Waals surface area contributed by atoms with Crippen LogP contribution in [0.4, 0.5) is 0 Å². The van der Waals surface area contributed by atoms with Crippen molar-refractivity contribution < 1.29 is 0 Å². The van der Waals surface area contributed by atoms with Gasteiger partial charge in [-0.3, -0.25) is 0 Å². The van der Waals surface area contributed by atoms with E-state index >= 15 is 0 Å². The normalized spacial score (nSPS) is 35.5. The molecule has 2 rings (SSSR count). The zero-order chi connectivity index (χ0) is 14.2. The van der Waals surface area contributed by atoms with Gasteiger partial charge in [-0.2, -0.15) is 0 Å². The fourth-order valence-electron chi connectivity index (χ4n) is 4.54. The van der Waals surface area contributed by atoms with Crippen LogP contribution in [0.3, 0.4) is 0 Å². The highest BCUT2D eigenvalue weighted by molar-refractivity contribution is 9.11. The molecule has 2 saturated carbocycles. The van der Waals surface area contributed by atoms with E-state index in [9.17, 15) is 0 Å². The van der Waals surface area contributed by atoms with Crippen molar-refractivity contribution in [1.29, 1.82) is 0 Å². The van der Waals surface area contributed by atoms with Gasteiger partial charge < -0.3 is 0 Å². The molecule has 0 bridgehead atoms. The Balaban J connectivity index is 1.64. The van der Waals surface area contributed by atoms with Crippen LogP contribution < -0.4 is 0 Å². The number of rotatable bonds is 6. The first-order valence-electron chi connectivity index (χ1n) is 9.10. The van der Waals surface area contributed by atoms with Crippen LogP contribution in [0, 0.1) is 23.7 Å². The summed E-state index contributed by atoms with van der Waals surface area (Å²) in [5.74, 6) is 4.07. The fraction of sp³-hybridized carbons (Fsp3) is 0.895. The van der Waals surface area contributed by atoms with E-state index in [2.05, 4.69) is 33.9 Å². The third-order valence-corrected chi connectivity index (χ3v) is 6.24. The van der Waals surface area contributed by atoms with Crippen LogP contribution in [0.15, 0.2) is 11.1 Å². The van der Waals surface area contributed by atoms with E-state index in [-0.39, 0.29) is 0 Å². The molecule has 0 aromatic heterocycles. The Kier molecular flexibility index (Phi) is 7.70. The summed E-state index contributed by atoms with van der Waals surface area (Å²) >= 11 is 3.43. The molecule has 0 aliphatic heterocycles. The molecule has 0 aromatic rings. The van der Waals surface area contributed by atoms with Crippen molar-refractivity contribution in [3.8, 4) is 0 Å². The van der Waals surface area contributed by atoms with Gasteiger partial charge in [0.2, 0.25) is 0 Å². The number of hydrogen-bond donors (Lipinski definition) is 0. The summed E-state index contributed by atoms with van der Waals surface area (Å²) < 4.78 is 0. The molecule has 2 aliphatic rings. The summed E-state index contributed by atoms with van der Waals surface area (Å²) in [7, 11) is 0. The zero-order valence-corrected chi connectivity index (χ0v) is 14.9. The molecule has 0 spiro atoms. The molecule has 0 aromatic carbocycles. The summed E-state index contributed by atoms with van der Waals surface area (Å²) in [6.45, 7) is 2.32. The van der Waals surface area contributed by atoms with Gasteiger partial charge in [0.15, 0.2) is 0 Å². The van der Waals surface area contributed by atoms with E-state index in [1.165, 1.54) is 64.2 Å². The van der Waals surface area contributed by atoms with Gasteiger partial charge in [-0.1, -0.05) is 67.5 Å². The Morgan fingerprint density at radius 3 is 2.00 bits per heavy atom. The minimum atomic E-state index is 0.857. The topological polar surface area (TPSA) is 0 Å². The van der Waals surface area contributed by atoms with Gasteiger partial charge in [0.25, 0.3) is 0 Å². The van der Waals surface area contributed by atoms with E-state index < -0.39 is 0 Å². The summed E-state index contributed by atoms with van der Waals surface area (Å²) in [6, 6.07) is 0. The second-order valence-electron chi connectivity index (χ2n) is 7.27. The molecular weight excluding hydrogens is 308 g/mol. The highest BCUT2D eigenvalue weighted by atomic mass is 79.9. The van der Waals surface area contributed by atoms with E-state index in [0.29, 0.717) is 0 Å². The first-order chi connectivity index (χ1) is 9.83. The van der Waals surface area contributed by atoms with Crippen molar-refractivity contribution in [2.45, 2.75) is 84.0 Å². The molecular formula is C19H33Br. The van der Waals surface area contributed by atoms with Crippen LogP contribution in [0.25, 0.3) is 0 Å². The van der Waals surface area contributed by atoms with Crippen LogP contribution in [-0.2, 0) is 0 Å². The molecule has 0 radical (unpaired) electrons. The first kappa shape index (κ1) is 16.6. The average Bonchev–Trinajstić information content (AvgIpc) is 2.49. The van der Waals surface area contributed by atoms with E-state index in [4.69, 9.17) is 0 Å². The summed E-state index contributed by atoms with van der Waals surface area (Å²) in [4.78, 5) is 2.07. The molecule has 0 heterocycles. The number of halogens is 1. The van der Waals surface area contributed by atoms with Crippen LogP contribution in [0.2, 0.25) is 0 Å². The van der Waals surface area contributed by atoms with Gasteiger partial charge in [-0.05, 0) is 67.2 Å². The molecule has 0 atom stereocenters. The number of hydrogen-bond acceptors (Lipinski definition) is 0. The molecule has 2 aliphatic carbocycles. The number of unbranched alkanes of at least 4 members (excludes halogenated alkanes) is 2.